The van der Waals surface area contributed by atoms with Crippen molar-refractivity contribution >= 4 is 23.2 Å². The molecule has 2 aromatic rings. The molecule has 148 valence electrons. The van der Waals surface area contributed by atoms with Gasteiger partial charge in [0.25, 0.3) is 5.69 Å². The van der Waals surface area contributed by atoms with E-state index in [-0.39, 0.29) is 24.2 Å². The van der Waals surface area contributed by atoms with E-state index in [0.717, 1.165) is 5.56 Å². The molecule has 3 rings (SSSR count). The molecule has 1 saturated heterocycles. The number of hydrogen-bond acceptors (Lipinski definition) is 6. The Balaban J connectivity index is 1.86. The summed E-state index contributed by atoms with van der Waals surface area (Å²) >= 11 is 0. The van der Waals surface area contributed by atoms with Crippen LogP contribution in [0.1, 0.15) is 11.6 Å². The number of likely N-dealkylation sites (N-methyl/N-ethyl adjacent to an activating group) is 1. The number of non-ortho nitro benzene ring substituents is 1. The first-order valence-corrected chi connectivity index (χ1v) is 8.75. The number of amides is 1. The van der Waals surface area contributed by atoms with Gasteiger partial charge in [-0.3, -0.25) is 15.0 Å². The van der Waals surface area contributed by atoms with Crippen LogP contribution < -0.4 is 10.2 Å². The van der Waals surface area contributed by atoms with Gasteiger partial charge in [0.1, 0.15) is 12.4 Å². The topological polar surface area (TPSA) is 87.9 Å². The molecule has 1 N–H and O–H groups in total. The number of nitrogens with one attached hydrogen (secondary N) is 1. The first-order valence-electron chi connectivity index (χ1n) is 8.75. The van der Waals surface area contributed by atoms with Crippen LogP contribution in [0.2, 0.25) is 0 Å². The normalized spacial score (nSPS) is 14.9. The van der Waals surface area contributed by atoms with Crippen LogP contribution in [-0.4, -0.2) is 49.7 Å². The van der Waals surface area contributed by atoms with E-state index in [9.17, 15) is 19.3 Å². The van der Waals surface area contributed by atoms with Gasteiger partial charge in [-0.1, -0.05) is 12.1 Å². The summed E-state index contributed by atoms with van der Waals surface area (Å²) in [7, 11) is 3.81. The largest absolute Gasteiger partial charge is 0.447 e. The molecule has 1 aliphatic rings. The number of ether oxygens (including phenoxy) is 1. The number of hydrogen-bond donors (Lipinski definition) is 1. The van der Waals surface area contributed by atoms with Crippen LogP contribution in [0.5, 0.6) is 0 Å². The predicted molar refractivity (Wildman–Crippen MR) is 103 cm³/mol. The molecule has 0 bridgehead atoms. The standard InChI is InChI=1S/C19H21FN4O4/c1-22(2)18(13-3-5-14(20)6-4-13)12-21-16-8-7-15(24(26)27)11-17(16)23-9-10-28-19(23)25/h3-8,11,18,21H,9-10,12H2,1-2H3. The van der Waals surface area contributed by atoms with Crippen LogP contribution >= 0.6 is 0 Å². The van der Waals surface area contributed by atoms with E-state index < -0.39 is 11.0 Å². The Morgan fingerprint density at radius 1 is 1.29 bits per heavy atom. The number of benzene rings is 2. The minimum atomic E-state index is -0.536. The van der Waals surface area contributed by atoms with Crippen molar-refractivity contribution < 1.29 is 18.8 Å². The number of nitrogens with zero attached hydrogens (tertiary/aromatic N) is 3. The first-order chi connectivity index (χ1) is 13.4. The summed E-state index contributed by atoms with van der Waals surface area (Å²) in [5.74, 6) is -0.306. The highest BCUT2D eigenvalue weighted by atomic mass is 19.1. The zero-order valence-electron chi connectivity index (χ0n) is 15.6. The highest BCUT2D eigenvalue weighted by Crippen LogP contribution is 2.33. The molecule has 1 unspecified atom stereocenters. The van der Waals surface area contributed by atoms with Crippen LogP contribution in [-0.2, 0) is 4.74 Å². The lowest BCUT2D eigenvalue weighted by molar-refractivity contribution is -0.384. The fraction of sp³-hybridized carbons (Fsp3) is 0.316. The molecule has 28 heavy (non-hydrogen) atoms. The minimum absolute atomic E-state index is 0.0748. The van der Waals surface area contributed by atoms with E-state index in [1.165, 1.54) is 29.2 Å². The van der Waals surface area contributed by atoms with Crippen molar-refractivity contribution in [1.29, 1.82) is 0 Å². The summed E-state index contributed by atoms with van der Waals surface area (Å²) < 4.78 is 18.2. The average Bonchev–Trinajstić information content (AvgIpc) is 3.08. The first kappa shape index (κ1) is 19.6. The molecule has 0 radical (unpaired) electrons. The van der Waals surface area contributed by atoms with E-state index >= 15 is 0 Å². The van der Waals surface area contributed by atoms with Crippen molar-refractivity contribution in [2.24, 2.45) is 0 Å². The smallest absolute Gasteiger partial charge is 0.414 e. The highest BCUT2D eigenvalue weighted by molar-refractivity contribution is 5.94. The van der Waals surface area contributed by atoms with Crippen molar-refractivity contribution in [2.45, 2.75) is 6.04 Å². The van der Waals surface area contributed by atoms with Crippen molar-refractivity contribution in [2.75, 3.05) is 44.0 Å². The molecule has 1 atom stereocenters. The highest BCUT2D eigenvalue weighted by Gasteiger charge is 2.28. The lowest BCUT2D eigenvalue weighted by Crippen LogP contribution is -2.28. The molecule has 9 heteroatoms. The van der Waals surface area contributed by atoms with Gasteiger partial charge in [-0.05, 0) is 37.9 Å². The summed E-state index contributed by atoms with van der Waals surface area (Å²) in [6.07, 6.45) is -0.536. The van der Waals surface area contributed by atoms with Gasteiger partial charge in [0.05, 0.1) is 28.9 Å². The van der Waals surface area contributed by atoms with Crippen LogP contribution in [0.25, 0.3) is 0 Å². The minimum Gasteiger partial charge on any atom is -0.447 e. The summed E-state index contributed by atoms with van der Waals surface area (Å²) in [5.41, 5.74) is 1.79. The monoisotopic (exact) mass is 388 g/mol. The number of carbonyl (C=O) groups is 1. The molecule has 1 heterocycles. The molecule has 0 spiro atoms. The number of nitro groups is 1. The molecule has 2 aromatic carbocycles. The second-order valence-electron chi connectivity index (χ2n) is 6.64. The SMILES string of the molecule is CN(C)C(CNc1ccc([N+](=O)[O-])cc1N1CCOC1=O)c1ccc(F)cc1. The van der Waals surface area contributed by atoms with E-state index in [1.54, 1.807) is 18.2 Å². The molecule has 1 fully saturated rings. The lowest BCUT2D eigenvalue weighted by Gasteiger charge is -2.27. The second kappa shape index (κ2) is 8.22. The van der Waals surface area contributed by atoms with Gasteiger partial charge >= 0.3 is 6.09 Å². The predicted octanol–water partition coefficient (Wildman–Crippen LogP) is 3.41. The Kier molecular flexibility index (Phi) is 5.74. The maximum atomic E-state index is 13.2. The third-order valence-electron chi connectivity index (χ3n) is 4.61. The fourth-order valence-electron chi connectivity index (χ4n) is 3.11. The van der Waals surface area contributed by atoms with E-state index in [4.69, 9.17) is 4.74 Å². The molecule has 0 aromatic heterocycles. The van der Waals surface area contributed by atoms with Crippen LogP contribution in [0.4, 0.5) is 26.2 Å². The third-order valence-corrected chi connectivity index (χ3v) is 4.61. The van der Waals surface area contributed by atoms with Crippen LogP contribution in [0.3, 0.4) is 0 Å². The number of anilines is 2. The summed E-state index contributed by atoms with van der Waals surface area (Å²) in [6, 6.07) is 10.5. The Labute approximate surface area is 161 Å². The summed E-state index contributed by atoms with van der Waals surface area (Å²) in [5, 5.41) is 14.4. The van der Waals surface area contributed by atoms with Crippen LogP contribution in [0.15, 0.2) is 42.5 Å². The Hall–Kier alpha value is -3.20. The number of halogens is 1. The van der Waals surface area contributed by atoms with Crippen molar-refractivity contribution in [3.63, 3.8) is 0 Å². The van der Waals surface area contributed by atoms with Crippen molar-refractivity contribution in [3.05, 3.63) is 64.0 Å². The molecule has 0 saturated carbocycles. The zero-order valence-corrected chi connectivity index (χ0v) is 15.6. The van der Waals surface area contributed by atoms with Crippen LogP contribution in [0, 0.1) is 15.9 Å². The van der Waals surface area contributed by atoms with E-state index in [0.29, 0.717) is 24.5 Å². The van der Waals surface area contributed by atoms with Crippen molar-refractivity contribution in [1.82, 2.24) is 4.90 Å². The molecular weight excluding hydrogens is 367 g/mol. The average molecular weight is 388 g/mol. The van der Waals surface area contributed by atoms with Gasteiger partial charge in [-0.15, -0.1) is 0 Å². The fourth-order valence-corrected chi connectivity index (χ4v) is 3.11. The summed E-state index contributed by atoms with van der Waals surface area (Å²) in [6.45, 7) is 1.01. The molecule has 1 aliphatic heterocycles. The Morgan fingerprint density at radius 3 is 2.57 bits per heavy atom. The number of rotatable bonds is 7. The van der Waals surface area contributed by atoms with E-state index in [2.05, 4.69) is 5.32 Å². The maximum Gasteiger partial charge on any atom is 0.414 e. The molecular formula is C19H21FN4O4. The summed E-state index contributed by atoms with van der Waals surface area (Å²) in [4.78, 5) is 26.0. The number of carbonyl (C=O) groups excluding carboxylic acids is 1. The molecule has 8 nitrogen and oxygen atoms in total. The second-order valence-corrected chi connectivity index (χ2v) is 6.64. The van der Waals surface area contributed by atoms with Gasteiger partial charge in [-0.25, -0.2) is 9.18 Å². The maximum absolute atomic E-state index is 13.2. The quantitative estimate of drug-likeness (QED) is 0.578. The third kappa shape index (κ3) is 4.20. The lowest BCUT2D eigenvalue weighted by atomic mass is 10.1. The van der Waals surface area contributed by atoms with Gasteiger partial charge in [0.15, 0.2) is 0 Å². The zero-order chi connectivity index (χ0) is 20.3. The van der Waals surface area contributed by atoms with Gasteiger partial charge < -0.3 is 15.0 Å². The van der Waals surface area contributed by atoms with Gasteiger partial charge in [-0.2, -0.15) is 0 Å². The number of nitro benzene ring substituents is 1. The van der Waals surface area contributed by atoms with E-state index in [1.807, 2.05) is 19.0 Å². The van der Waals surface area contributed by atoms with Crippen molar-refractivity contribution in [3.8, 4) is 0 Å². The molecule has 1 amide bonds. The Bertz CT molecular complexity index is 873. The van der Waals surface area contributed by atoms with Gasteiger partial charge in [0, 0.05) is 18.7 Å². The van der Waals surface area contributed by atoms with Gasteiger partial charge in [0.2, 0.25) is 0 Å². The Morgan fingerprint density at radius 2 is 2.00 bits per heavy atom. The molecule has 0 aliphatic carbocycles. The number of cyclic esters (lactones) is 1.